The maximum absolute atomic E-state index is 12.9. The molecular formula is C23H29N3O2S. The van der Waals surface area contributed by atoms with Gasteiger partial charge in [0.05, 0.1) is 11.7 Å². The van der Waals surface area contributed by atoms with Crippen molar-refractivity contribution in [1.82, 2.24) is 14.5 Å². The first-order valence-electron chi connectivity index (χ1n) is 10.6. The fourth-order valence-corrected chi connectivity index (χ4v) is 5.44. The van der Waals surface area contributed by atoms with E-state index in [1.807, 2.05) is 18.7 Å². The van der Waals surface area contributed by atoms with Crippen LogP contribution in [0.5, 0.6) is 0 Å². The number of nitrogens with zero attached hydrogens (tertiary/aromatic N) is 3. The van der Waals surface area contributed by atoms with E-state index in [1.165, 1.54) is 5.56 Å². The van der Waals surface area contributed by atoms with Crippen LogP contribution in [-0.2, 0) is 11.2 Å². The highest BCUT2D eigenvalue weighted by molar-refractivity contribution is 7.99. The predicted molar refractivity (Wildman–Crippen MR) is 116 cm³/mol. The predicted octanol–water partition coefficient (Wildman–Crippen LogP) is 3.88. The van der Waals surface area contributed by atoms with E-state index >= 15 is 0 Å². The molecule has 2 aliphatic heterocycles. The summed E-state index contributed by atoms with van der Waals surface area (Å²) >= 11 is 1.59. The summed E-state index contributed by atoms with van der Waals surface area (Å²) in [7, 11) is 0. The lowest BCUT2D eigenvalue weighted by Crippen LogP contribution is -2.40. The lowest BCUT2D eigenvalue weighted by atomic mass is 9.90. The van der Waals surface area contributed by atoms with Crippen LogP contribution in [0.4, 0.5) is 0 Å². The van der Waals surface area contributed by atoms with Crippen molar-refractivity contribution in [3.63, 3.8) is 0 Å². The molecule has 1 saturated heterocycles. The first kappa shape index (κ1) is 20.2. The van der Waals surface area contributed by atoms with Crippen molar-refractivity contribution in [2.45, 2.75) is 56.6 Å². The minimum atomic E-state index is -0.0780. The van der Waals surface area contributed by atoms with Gasteiger partial charge in [-0.15, -0.1) is 0 Å². The Morgan fingerprint density at radius 2 is 1.93 bits per heavy atom. The van der Waals surface area contributed by atoms with Gasteiger partial charge in [-0.1, -0.05) is 55.9 Å². The van der Waals surface area contributed by atoms with Gasteiger partial charge < -0.3 is 4.90 Å². The topological polar surface area (TPSA) is 55.2 Å². The zero-order valence-electron chi connectivity index (χ0n) is 17.2. The minimum absolute atomic E-state index is 0.0249. The van der Waals surface area contributed by atoms with Gasteiger partial charge in [0.2, 0.25) is 5.91 Å². The first-order chi connectivity index (χ1) is 14.0. The molecule has 0 radical (unpaired) electrons. The van der Waals surface area contributed by atoms with E-state index in [4.69, 9.17) is 0 Å². The van der Waals surface area contributed by atoms with Gasteiger partial charge in [0.15, 0.2) is 5.16 Å². The quantitative estimate of drug-likeness (QED) is 0.701. The van der Waals surface area contributed by atoms with Crippen LogP contribution >= 0.6 is 11.8 Å². The number of carbonyl (C=O) groups excluding carboxylic acids is 1. The normalized spacial score (nSPS) is 19.6. The SMILES string of the molecule is CC(C)c1cc(=O)n2c(n1)SCC2CC(=O)N1CCC(Cc2ccccc2)CC1. The third kappa shape index (κ3) is 4.58. The van der Waals surface area contributed by atoms with Gasteiger partial charge in [-0.25, -0.2) is 4.98 Å². The van der Waals surface area contributed by atoms with Crippen molar-refractivity contribution < 1.29 is 4.79 Å². The molecule has 1 fully saturated rings. The molecule has 1 amide bonds. The van der Waals surface area contributed by atoms with Crippen molar-refractivity contribution >= 4 is 17.7 Å². The molecule has 0 bridgehead atoms. The average molecular weight is 412 g/mol. The smallest absolute Gasteiger partial charge is 0.254 e. The lowest BCUT2D eigenvalue weighted by Gasteiger charge is -2.33. The molecule has 1 aromatic carbocycles. The number of hydrogen-bond acceptors (Lipinski definition) is 4. The Hall–Kier alpha value is -2.08. The highest BCUT2D eigenvalue weighted by Crippen LogP contribution is 2.33. The third-order valence-corrected chi connectivity index (χ3v) is 7.14. The molecule has 0 saturated carbocycles. The van der Waals surface area contributed by atoms with Crippen LogP contribution < -0.4 is 5.56 Å². The lowest BCUT2D eigenvalue weighted by molar-refractivity contribution is -0.133. The van der Waals surface area contributed by atoms with Crippen LogP contribution in [0.2, 0.25) is 0 Å². The molecule has 5 nitrogen and oxygen atoms in total. The fraction of sp³-hybridized carbons (Fsp3) is 0.522. The number of fused-ring (bicyclic) bond motifs is 1. The number of hydrogen-bond donors (Lipinski definition) is 0. The molecule has 1 unspecified atom stereocenters. The Bertz CT molecular complexity index is 917. The van der Waals surface area contributed by atoms with Gasteiger partial charge in [0.25, 0.3) is 5.56 Å². The average Bonchev–Trinajstić information content (AvgIpc) is 3.12. The maximum Gasteiger partial charge on any atom is 0.254 e. The molecule has 1 atom stereocenters. The molecule has 3 heterocycles. The second-order valence-electron chi connectivity index (χ2n) is 8.51. The Kier molecular flexibility index (Phi) is 6.09. The van der Waals surface area contributed by atoms with Gasteiger partial charge >= 0.3 is 0 Å². The summed E-state index contributed by atoms with van der Waals surface area (Å²) in [5, 5.41) is 0.764. The fourth-order valence-electron chi connectivity index (χ4n) is 4.28. The Balaban J connectivity index is 1.34. The summed E-state index contributed by atoms with van der Waals surface area (Å²) in [4.78, 5) is 32.1. The summed E-state index contributed by atoms with van der Waals surface area (Å²) < 4.78 is 1.73. The number of amides is 1. The van der Waals surface area contributed by atoms with Crippen molar-refractivity contribution in [3.8, 4) is 0 Å². The highest BCUT2D eigenvalue weighted by atomic mass is 32.2. The summed E-state index contributed by atoms with van der Waals surface area (Å²) in [5.41, 5.74) is 2.19. The second kappa shape index (κ2) is 8.74. The van der Waals surface area contributed by atoms with Crippen LogP contribution in [-0.4, -0.2) is 39.2 Å². The highest BCUT2D eigenvalue weighted by Gasteiger charge is 2.31. The zero-order chi connectivity index (χ0) is 20.4. The van der Waals surface area contributed by atoms with Crippen molar-refractivity contribution in [1.29, 1.82) is 0 Å². The van der Waals surface area contributed by atoms with Crippen LogP contribution in [0.1, 0.15) is 56.3 Å². The Morgan fingerprint density at radius 3 is 2.62 bits per heavy atom. The summed E-state index contributed by atoms with van der Waals surface area (Å²) in [6, 6.07) is 12.2. The van der Waals surface area contributed by atoms with Gasteiger partial charge in [-0.05, 0) is 36.7 Å². The van der Waals surface area contributed by atoms with Crippen molar-refractivity contribution in [2.75, 3.05) is 18.8 Å². The van der Waals surface area contributed by atoms with Gasteiger partial charge in [0, 0.05) is 31.3 Å². The van der Waals surface area contributed by atoms with E-state index in [0.717, 1.165) is 49.0 Å². The van der Waals surface area contributed by atoms with Crippen LogP contribution in [0.25, 0.3) is 0 Å². The van der Waals surface area contributed by atoms with Crippen molar-refractivity contribution in [2.24, 2.45) is 5.92 Å². The number of likely N-dealkylation sites (tertiary alicyclic amines) is 1. The van der Waals surface area contributed by atoms with E-state index in [0.29, 0.717) is 12.3 Å². The molecule has 1 aromatic heterocycles. The van der Waals surface area contributed by atoms with E-state index in [2.05, 4.69) is 35.3 Å². The summed E-state index contributed by atoms with van der Waals surface area (Å²) in [6.45, 7) is 5.73. The second-order valence-corrected chi connectivity index (χ2v) is 9.50. The third-order valence-electron chi connectivity index (χ3n) is 6.05. The van der Waals surface area contributed by atoms with E-state index in [-0.39, 0.29) is 23.4 Å². The molecular weight excluding hydrogens is 382 g/mol. The number of benzene rings is 1. The maximum atomic E-state index is 12.9. The molecule has 0 spiro atoms. The minimum Gasteiger partial charge on any atom is -0.343 e. The molecule has 6 heteroatoms. The molecule has 0 aliphatic carbocycles. The number of thioether (sulfide) groups is 1. The summed E-state index contributed by atoms with van der Waals surface area (Å²) in [5.74, 6) is 1.79. The molecule has 2 aromatic rings. The van der Waals surface area contributed by atoms with Crippen LogP contribution in [0.3, 0.4) is 0 Å². The Morgan fingerprint density at radius 1 is 1.21 bits per heavy atom. The van der Waals surface area contributed by atoms with E-state index in [9.17, 15) is 9.59 Å². The van der Waals surface area contributed by atoms with Crippen molar-refractivity contribution in [3.05, 3.63) is 58.0 Å². The monoisotopic (exact) mass is 411 g/mol. The number of rotatable bonds is 5. The van der Waals surface area contributed by atoms with Gasteiger partial charge in [-0.2, -0.15) is 0 Å². The molecule has 0 N–H and O–H groups in total. The van der Waals surface area contributed by atoms with Crippen LogP contribution in [0.15, 0.2) is 46.3 Å². The molecule has 4 rings (SSSR count). The van der Waals surface area contributed by atoms with Gasteiger partial charge in [-0.3, -0.25) is 14.2 Å². The zero-order valence-corrected chi connectivity index (χ0v) is 18.0. The standard InChI is InChI=1S/C23H29N3O2S/c1-16(2)20-14-22(28)26-19(15-29-23(26)24-20)13-21(27)25-10-8-18(9-11-25)12-17-6-4-3-5-7-17/h3-7,14,16,18-19H,8-13,15H2,1-2H3. The number of piperidine rings is 1. The van der Waals surface area contributed by atoms with Gasteiger partial charge in [0.1, 0.15) is 0 Å². The number of aromatic nitrogens is 2. The number of carbonyl (C=O) groups is 1. The first-order valence-corrected chi connectivity index (χ1v) is 11.6. The molecule has 29 heavy (non-hydrogen) atoms. The molecule has 154 valence electrons. The Labute approximate surface area is 176 Å². The molecule has 2 aliphatic rings. The van der Waals surface area contributed by atoms with Crippen LogP contribution in [0, 0.1) is 5.92 Å². The van der Waals surface area contributed by atoms with E-state index in [1.54, 1.807) is 22.4 Å². The van der Waals surface area contributed by atoms with E-state index < -0.39 is 0 Å². The largest absolute Gasteiger partial charge is 0.343 e. The summed E-state index contributed by atoms with van der Waals surface area (Å²) in [6.07, 6.45) is 3.59.